The van der Waals surface area contributed by atoms with Crippen LogP contribution in [0.25, 0.3) is 0 Å². The SMILES string of the molecule is CC(C)(C)N1C2=C(CCCC2)Sc2ccccc21. The molecule has 0 bridgehead atoms. The molecule has 1 aromatic carbocycles. The monoisotopic (exact) mass is 259 g/mol. The number of hydrogen-bond donors (Lipinski definition) is 0. The van der Waals surface area contributed by atoms with Gasteiger partial charge in [-0.15, -0.1) is 0 Å². The van der Waals surface area contributed by atoms with Gasteiger partial charge in [-0.05, 0) is 58.6 Å². The van der Waals surface area contributed by atoms with Gasteiger partial charge in [0.25, 0.3) is 0 Å². The van der Waals surface area contributed by atoms with Gasteiger partial charge in [0.2, 0.25) is 0 Å². The Morgan fingerprint density at radius 1 is 1.06 bits per heavy atom. The van der Waals surface area contributed by atoms with Crippen LogP contribution in [-0.4, -0.2) is 5.54 Å². The number of nitrogens with zero attached hydrogens (tertiary/aromatic N) is 1. The minimum atomic E-state index is 0.162. The van der Waals surface area contributed by atoms with Gasteiger partial charge in [-0.1, -0.05) is 23.9 Å². The number of thioether (sulfide) groups is 1. The molecule has 18 heavy (non-hydrogen) atoms. The predicted molar refractivity (Wildman–Crippen MR) is 80.0 cm³/mol. The van der Waals surface area contributed by atoms with Crippen molar-refractivity contribution in [3.63, 3.8) is 0 Å². The maximum atomic E-state index is 2.58. The molecule has 0 spiro atoms. The van der Waals surface area contributed by atoms with Crippen molar-refractivity contribution < 1.29 is 0 Å². The van der Waals surface area contributed by atoms with Gasteiger partial charge >= 0.3 is 0 Å². The van der Waals surface area contributed by atoms with Crippen molar-refractivity contribution in [3.8, 4) is 0 Å². The quantitative estimate of drug-likeness (QED) is 0.631. The van der Waals surface area contributed by atoms with E-state index in [9.17, 15) is 0 Å². The van der Waals surface area contributed by atoms with E-state index in [1.54, 1.807) is 10.6 Å². The van der Waals surface area contributed by atoms with Crippen molar-refractivity contribution in [2.24, 2.45) is 0 Å². The fourth-order valence-corrected chi connectivity index (χ4v) is 4.21. The lowest BCUT2D eigenvalue weighted by molar-refractivity contribution is 0.511. The van der Waals surface area contributed by atoms with E-state index in [4.69, 9.17) is 0 Å². The van der Waals surface area contributed by atoms with E-state index >= 15 is 0 Å². The highest BCUT2D eigenvalue weighted by Gasteiger charge is 2.33. The molecule has 1 heterocycles. The van der Waals surface area contributed by atoms with E-state index in [1.807, 2.05) is 11.8 Å². The zero-order valence-corrected chi connectivity index (χ0v) is 12.3. The molecule has 2 aliphatic rings. The fraction of sp³-hybridized carbons (Fsp3) is 0.500. The Kier molecular flexibility index (Phi) is 2.93. The highest BCUT2D eigenvalue weighted by atomic mass is 32.2. The summed E-state index contributed by atoms with van der Waals surface area (Å²) < 4.78 is 0. The van der Waals surface area contributed by atoms with Crippen molar-refractivity contribution in [2.45, 2.75) is 56.9 Å². The summed E-state index contributed by atoms with van der Waals surface area (Å²) in [4.78, 5) is 5.61. The van der Waals surface area contributed by atoms with Gasteiger partial charge in [0, 0.05) is 21.0 Å². The molecule has 1 nitrogen and oxygen atoms in total. The molecule has 0 atom stereocenters. The summed E-state index contributed by atoms with van der Waals surface area (Å²) in [5, 5.41) is 0. The lowest BCUT2D eigenvalue weighted by Gasteiger charge is -2.45. The first-order valence-electron chi connectivity index (χ1n) is 6.86. The Bertz CT molecular complexity index is 496. The summed E-state index contributed by atoms with van der Waals surface area (Å²) in [6, 6.07) is 8.84. The fourth-order valence-electron chi connectivity index (χ4n) is 2.98. The van der Waals surface area contributed by atoms with Crippen LogP contribution < -0.4 is 4.90 Å². The van der Waals surface area contributed by atoms with Gasteiger partial charge in [0.05, 0.1) is 5.69 Å². The minimum absolute atomic E-state index is 0.162. The van der Waals surface area contributed by atoms with Crippen LogP contribution >= 0.6 is 11.8 Å². The summed E-state index contributed by atoms with van der Waals surface area (Å²) >= 11 is 2.00. The van der Waals surface area contributed by atoms with Crippen LogP contribution in [0.5, 0.6) is 0 Å². The lowest BCUT2D eigenvalue weighted by atomic mass is 9.96. The van der Waals surface area contributed by atoms with Gasteiger partial charge in [-0.2, -0.15) is 0 Å². The van der Waals surface area contributed by atoms with Crippen LogP contribution in [0.4, 0.5) is 5.69 Å². The van der Waals surface area contributed by atoms with Gasteiger partial charge in [-0.3, -0.25) is 0 Å². The Morgan fingerprint density at radius 3 is 2.56 bits per heavy atom. The van der Waals surface area contributed by atoms with Crippen LogP contribution in [-0.2, 0) is 0 Å². The largest absolute Gasteiger partial charge is 0.338 e. The van der Waals surface area contributed by atoms with Crippen LogP contribution in [0.15, 0.2) is 39.8 Å². The Labute approximate surface area is 114 Å². The van der Waals surface area contributed by atoms with Gasteiger partial charge in [0.1, 0.15) is 0 Å². The number of rotatable bonds is 0. The summed E-state index contributed by atoms with van der Waals surface area (Å²) in [5.41, 5.74) is 3.14. The third-order valence-corrected chi connectivity index (χ3v) is 4.92. The van der Waals surface area contributed by atoms with Crippen molar-refractivity contribution in [1.29, 1.82) is 0 Å². The first kappa shape index (κ1) is 12.2. The molecule has 0 radical (unpaired) electrons. The molecule has 0 aromatic heterocycles. The number of benzene rings is 1. The number of anilines is 1. The second kappa shape index (κ2) is 4.34. The highest BCUT2D eigenvalue weighted by Crippen LogP contribution is 2.50. The second-order valence-corrected chi connectivity index (χ2v) is 7.29. The van der Waals surface area contributed by atoms with Crippen molar-refractivity contribution in [1.82, 2.24) is 0 Å². The summed E-state index contributed by atoms with van der Waals surface area (Å²) in [5.74, 6) is 0. The number of fused-ring (bicyclic) bond motifs is 1. The summed E-state index contributed by atoms with van der Waals surface area (Å²) in [6.07, 6.45) is 5.20. The summed E-state index contributed by atoms with van der Waals surface area (Å²) in [7, 11) is 0. The zero-order valence-electron chi connectivity index (χ0n) is 11.5. The molecule has 0 fully saturated rings. The summed E-state index contributed by atoms with van der Waals surface area (Å²) in [6.45, 7) is 6.96. The third kappa shape index (κ3) is 1.97. The molecule has 3 rings (SSSR count). The molecule has 0 unspecified atom stereocenters. The van der Waals surface area contributed by atoms with E-state index in [2.05, 4.69) is 49.9 Å². The topological polar surface area (TPSA) is 3.24 Å². The van der Waals surface area contributed by atoms with Crippen LogP contribution in [0.1, 0.15) is 46.5 Å². The molecule has 1 aliphatic carbocycles. The number of hydrogen-bond acceptors (Lipinski definition) is 2. The Hall–Kier alpha value is -0.890. The third-order valence-electron chi connectivity index (χ3n) is 3.67. The van der Waals surface area contributed by atoms with E-state index in [0.717, 1.165) is 0 Å². The molecule has 0 amide bonds. The van der Waals surface area contributed by atoms with Crippen LogP contribution in [0, 0.1) is 0 Å². The average Bonchev–Trinajstić information content (AvgIpc) is 2.34. The van der Waals surface area contributed by atoms with E-state index in [1.165, 1.54) is 36.3 Å². The Balaban J connectivity index is 2.14. The normalized spacial score (nSPS) is 19.6. The first-order chi connectivity index (χ1) is 8.57. The van der Waals surface area contributed by atoms with Crippen molar-refractivity contribution in [3.05, 3.63) is 34.9 Å². The number of allylic oxidation sites excluding steroid dienone is 2. The van der Waals surface area contributed by atoms with E-state index in [-0.39, 0.29) is 5.54 Å². The van der Waals surface area contributed by atoms with Gasteiger partial charge < -0.3 is 4.90 Å². The van der Waals surface area contributed by atoms with Crippen LogP contribution in [0.3, 0.4) is 0 Å². The van der Waals surface area contributed by atoms with E-state index in [0.29, 0.717) is 0 Å². The maximum Gasteiger partial charge on any atom is 0.0555 e. The van der Waals surface area contributed by atoms with E-state index < -0.39 is 0 Å². The smallest absolute Gasteiger partial charge is 0.0555 e. The van der Waals surface area contributed by atoms with Gasteiger partial charge in [0.15, 0.2) is 0 Å². The number of para-hydroxylation sites is 1. The molecule has 1 aliphatic heterocycles. The molecule has 2 heteroatoms. The Morgan fingerprint density at radius 2 is 1.78 bits per heavy atom. The molecule has 0 saturated heterocycles. The minimum Gasteiger partial charge on any atom is -0.338 e. The zero-order chi connectivity index (χ0) is 12.8. The predicted octanol–water partition coefficient (Wildman–Crippen LogP) is 5.18. The molecular formula is C16H21NS. The first-order valence-corrected chi connectivity index (χ1v) is 7.68. The molecule has 0 N–H and O–H groups in total. The maximum absolute atomic E-state index is 2.58. The standard InChI is InChI=1S/C16H21NS/c1-16(2,3)17-12-8-4-6-10-14(12)18-15-11-7-5-9-13(15)17/h4,6,8,10H,5,7,9,11H2,1-3H3. The molecule has 1 aromatic rings. The van der Waals surface area contributed by atoms with Crippen molar-refractivity contribution in [2.75, 3.05) is 4.90 Å². The molecular weight excluding hydrogens is 238 g/mol. The van der Waals surface area contributed by atoms with Crippen molar-refractivity contribution >= 4 is 17.4 Å². The molecule has 0 saturated carbocycles. The lowest BCUT2D eigenvalue weighted by Crippen LogP contribution is -2.43. The average molecular weight is 259 g/mol. The molecule has 96 valence electrons. The van der Waals surface area contributed by atoms with Crippen LogP contribution in [0.2, 0.25) is 0 Å². The van der Waals surface area contributed by atoms with Gasteiger partial charge in [-0.25, -0.2) is 0 Å². The highest BCUT2D eigenvalue weighted by molar-refractivity contribution is 8.03. The second-order valence-electron chi connectivity index (χ2n) is 6.15.